The second kappa shape index (κ2) is 16.7. The molecule has 3 heteroatoms. The summed E-state index contributed by atoms with van der Waals surface area (Å²) in [5.74, 6) is 4.30. The van der Waals surface area contributed by atoms with Gasteiger partial charge >= 0.3 is 5.30 Å². The summed E-state index contributed by atoms with van der Waals surface area (Å²) in [5.41, 5.74) is 3.94. The number of aryl methyl sites for hydroxylation is 1. The summed E-state index contributed by atoms with van der Waals surface area (Å²) in [6, 6.07) is 8.27. The number of carbonyl (C=O) groups excluding carboxylic acids is 1. The topological polar surface area (TPSA) is 26.3 Å². The zero-order valence-electron chi connectivity index (χ0n) is 29.6. The van der Waals surface area contributed by atoms with E-state index in [-0.39, 0.29) is 5.30 Å². The SMILES string of the molecule is CCCCCCCCc1ccc(OC(=O)S[C@H]2CC[C@@]3(C)C(=CCC4C5CCC(CCCCCCCC)[C@@]5(C)CCC43)C2)cc1. The second-order valence-corrected chi connectivity index (χ2v) is 17.4. The molecule has 1 aromatic carbocycles. The summed E-state index contributed by atoms with van der Waals surface area (Å²) in [5, 5.41) is 0.222. The Balaban J connectivity index is 1.08. The first-order valence-corrected chi connectivity index (χ1v) is 20.4. The average molecular weight is 635 g/mol. The van der Waals surface area contributed by atoms with Gasteiger partial charge in [-0.05, 0) is 135 Å². The van der Waals surface area contributed by atoms with Crippen LogP contribution in [0.2, 0.25) is 0 Å². The van der Waals surface area contributed by atoms with Crippen LogP contribution in [0.15, 0.2) is 35.9 Å². The minimum Gasteiger partial charge on any atom is -0.418 e. The average Bonchev–Trinajstić information content (AvgIpc) is 3.37. The van der Waals surface area contributed by atoms with Crippen molar-refractivity contribution in [3.63, 3.8) is 0 Å². The lowest BCUT2D eigenvalue weighted by Crippen LogP contribution is -2.50. The molecule has 3 fully saturated rings. The second-order valence-electron chi connectivity index (χ2n) is 16.1. The highest BCUT2D eigenvalue weighted by molar-refractivity contribution is 8.13. The van der Waals surface area contributed by atoms with Gasteiger partial charge in [-0.15, -0.1) is 0 Å². The van der Waals surface area contributed by atoms with E-state index in [0.717, 1.165) is 42.9 Å². The molecule has 4 aliphatic carbocycles. The highest BCUT2D eigenvalue weighted by atomic mass is 32.2. The van der Waals surface area contributed by atoms with Crippen LogP contribution in [-0.4, -0.2) is 10.6 Å². The number of rotatable bonds is 16. The lowest BCUT2D eigenvalue weighted by Gasteiger charge is -2.58. The summed E-state index contributed by atoms with van der Waals surface area (Å²) in [7, 11) is 0. The van der Waals surface area contributed by atoms with Gasteiger partial charge in [0.25, 0.3) is 0 Å². The number of unbranched alkanes of at least 4 members (excludes halogenated alkanes) is 10. The third-order valence-electron chi connectivity index (χ3n) is 13.4. The van der Waals surface area contributed by atoms with Gasteiger partial charge in [0.2, 0.25) is 0 Å². The van der Waals surface area contributed by atoms with Crippen LogP contribution in [0.3, 0.4) is 0 Å². The van der Waals surface area contributed by atoms with Crippen LogP contribution in [0.1, 0.15) is 168 Å². The molecule has 3 saturated carbocycles. The Morgan fingerprint density at radius 3 is 2.22 bits per heavy atom. The van der Waals surface area contributed by atoms with E-state index >= 15 is 0 Å². The van der Waals surface area contributed by atoms with E-state index in [4.69, 9.17) is 4.74 Å². The maximum Gasteiger partial charge on any atom is 0.372 e. The van der Waals surface area contributed by atoms with Gasteiger partial charge in [0.1, 0.15) is 5.75 Å². The Morgan fingerprint density at radius 2 is 1.49 bits per heavy atom. The Labute approximate surface area is 281 Å². The predicted molar refractivity (Wildman–Crippen MR) is 194 cm³/mol. The highest BCUT2D eigenvalue weighted by Gasteiger charge is 2.58. The van der Waals surface area contributed by atoms with Crippen LogP contribution >= 0.6 is 11.8 Å². The molecule has 0 spiro atoms. The molecule has 252 valence electrons. The summed E-state index contributed by atoms with van der Waals surface area (Å²) in [6.45, 7) is 9.89. The van der Waals surface area contributed by atoms with E-state index in [2.05, 4.69) is 45.9 Å². The number of carbonyl (C=O) groups is 1. The number of thioether (sulfide) groups is 1. The molecular formula is C42H66O2S. The van der Waals surface area contributed by atoms with Crippen molar-refractivity contribution >= 4 is 17.1 Å². The molecule has 2 nitrogen and oxygen atoms in total. The fourth-order valence-corrected chi connectivity index (χ4v) is 11.5. The fourth-order valence-electron chi connectivity index (χ4n) is 10.6. The van der Waals surface area contributed by atoms with Gasteiger partial charge in [-0.3, -0.25) is 0 Å². The molecule has 0 heterocycles. The van der Waals surface area contributed by atoms with Gasteiger partial charge in [0.15, 0.2) is 0 Å². The maximum absolute atomic E-state index is 13.0. The first-order chi connectivity index (χ1) is 21.9. The number of allylic oxidation sites excluding steroid dienone is 2. The number of hydrogen-bond acceptors (Lipinski definition) is 3. The Bertz CT molecular complexity index is 1090. The van der Waals surface area contributed by atoms with Crippen molar-refractivity contribution in [1.29, 1.82) is 0 Å². The smallest absolute Gasteiger partial charge is 0.372 e. The molecule has 5 rings (SSSR count). The van der Waals surface area contributed by atoms with Gasteiger partial charge in [-0.1, -0.05) is 122 Å². The molecule has 0 amide bonds. The van der Waals surface area contributed by atoms with Crippen LogP contribution in [-0.2, 0) is 6.42 Å². The van der Waals surface area contributed by atoms with Crippen molar-refractivity contribution in [2.45, 2.75) is 174 Å². The Hall–Kier alpha value is -1.22. The molecule has 0 radical (unpaired) electrons. The quantitative estimate of drug-likeness (QED) is 0.103. The molecule has 4 unspecified atom stereocenters. The van der Waals surface area contributed by atoms with Crippen molar-refractivity contribution in [2.75, 3.05) is 0 Å². The fraction of sp³-hybridized carbons (Fsp3) is 0.786. The van der Waals surface area contributed by atoms with Crippen LogP contribution in [0.4, 0.5) is 4.79 Å². The molecule has 0 aromatic heterocycles. The monoisotopic (exact) mass is 634 g/mol. The Kier molecular flexibility index (Phi) is 13.1. The van der Waals surface area contributed by atoms with Crippen molar-refractivity contribution in [1.82, 2.24) is 0 Å². The van der Waals surface area contributed by atoms with Gasteiger partial charge in [-0.2, -0.15) is 0 Å². The molecule has 1 aromatic rings. The highest BCUT2D eigenvalue weighted by Crippen LogP contribution is 2.67. The molecule has 45 heavy (non-hydrogen) atoms. The van der Waals surface area contributed by atoms with Gasteiger partial charge in [0, 0.05) is 5.25 Å². The largest absolute Gasteiger partial charge is 0.418 e. The van der Waals surface area contributed by atoms with Crippen LogP contribution in [0.25, 0.3) is 0 Å². The number of hydrogen-bond donors (Lipinski definition) is 0. The standard InChI is InChI=1S/C42H66O2S/c1-5-7-9-11-13-15-17-32-19-23-35(24-20-32)44-40(43)45-36-27-29-42(4)34(31-36)21-25-37-38-26-22-33(18-16-14-12-10-8-6-2)41(38,3)30-28-39(37)42/h19-21,23-24,33,36-39H,5-18,22,25-31H2,1-4H3/t33?,36-,37?,38?,39?,41+,42-/m0/s1. The van der Waals surface area contributed by atoms with Gasteiger partial charge < -0.3 is 4.74 Å². The first kappa shape index (κ1) is 35.1. The van der Waals surface area contributed by atoms with Crippen molar-refractivity contribution in [2.24, 2.45) is 34.5 Å². The number of fused-ring (bicyclic) bond motifs is 5. The normalized spacial score (nSPS) is 32.4. The van der Waals surface area contributed by atoms with Crippen LogP contribution in [0.5, 0.6) is 5.75 Å². The van der Waals surface area contributed by atoms with Crippen molar-refractivity contribution in [3.05, 3.63) is 41.5 Å². The lowest BCUT2D eigenvalue weighted by molar-refractivity contribution is -0.0421. The molecule has 0 saturated heterocycles. The van der Waals surface area contributed by atoms with Gasteiger partial charge in [0.05, 0.1) is 0 Å². The minimum atomic E-state index is -0.127. The van der Waals surface area contributed by atoms with E-state index < -0.39 is 0 Å². The van der Waals surface area contributed by atoms with Crippen molar-refractivity contribution in [3.8, 4) is 5.75 Å². The minimum absolute atomic E-state index is 0.127. The molecule has 0 aliphatic heterocycles. The van der Waals surface area contributed by atoms with E-state index in [1.165, 1.54) is 139 Å². The summed E-state index contributed by atoms with van der Waals surface area (Å²) in [4.78, 5) is 13.0. The zero-order valence-corrected chi connectivity index (χ0v) is 30.4. The summed E-state index contributed by atoms with van der Waals surface area (Å²) < 4.78 is 5.81. The number of benzene rings is 1. The van der Waals surface area contributed by atoms with Crippen LogP contribution < -0.4 is 4.74 Å². The summed E-state index contributed by atoms with van der Waals surface area (Å²) >= 11 is 1.45. The predicted octanol–water partition coefficient (Wildman–Crippen LogP) is 13.5. The molecule has 0 bridgehead atoms. The van der Waals surface area contributed by atoms with E-state index in [0.29, 0.717) is 21.8 Å². The molecule has 0 N–H and O–H groups in total. The molecular weight excluding hydrogens is 569 g/mol. The molecule has 7 atom stereocenters. The third kappa shape index (κ3) is 8.63. The Morgan fingerprint density at radius 1 is 0.800 bits per heavy atom. The zero-order chi connectivity index (χ0) is 31.7. The van der Waals surface area contributed by atoms with Crippen LogP contribution in [0, 0.1) is 34.5 Å². The number of ether oxygens (including phenoxy) is 1. The van der Waals surface area contributed by atoms with E-state index in [1.807, 2.05) is 12.1 Å². The van der Waals surface area contributed by atoms with E-state index in [1.54, 1.807) is 5.57 Å². The lowest BCUT2D eigenvalue weighted by atomic mass is 9.47. The maximum atomic E-state index is 13.0. The van der Waals surface area contributed by atoms with Crippen molar-refractivity contribution < 1.29 is 9.53 Å². The van der Waals surface area contributed by atoms with E-state index in [9.17, 15) is 4.79 Å². The third-order valence-corrected chi connectivity index (χ3v) is 14.4. The first-order valence-electron chi connectivity index (χ1n) is 19.5. The summed E-state index contributed by atoms with van der Waals surface area (Å²) in [6.07, 6.45) is 32.3. The molecule has 4 aliphatic rings. The van der Waals surface area contributed by atoms with Gasteiger partial charge in [-0.25, -0.2) is 4.79 Å².